The lowest BCUT2D eigenvalue weighted by molar-refractivity contribution is -0.136. The van der Waals surface area contributed by atoms with Gasteiger partial charge >= 0.3 is 0 Å². The molecule has 2 aliphatic rings. The number of carbonyl (C=O) groups is 1. The van der Waals surface area contributed by atoms with Gasteiger partial charge in [-0.1, -0.05) is 23.5 Å². The SMILES string of the molecule is COc1ccc2sc(N3CC(C(=O)N4CCN(c5ccccc5OC)CC4)C3)nc2c1. The van der Waals surface area contributed by atoms with Crippen LogP contribution in [0.3, 0.4) is 0 Å². The van der Waals surface area contributed by atoms with Crippen LogP contribution in [0.5, 0.6) is 11.5 Å². The van der Waals surface area contributed by atoms with Crippen molar-refractivity contribution in [2.24, 2.45) is 5.92 Å². The molecule has 0 saturated carbocycles. The Hall–Kier alpha value is -3.00. The van der Waals surface area contributed by atoms with Gasteiger partial charge in [-0.3, -0.25) is 4.79 Å². The van der Waals surface area contributed by atoms with Crippen LogP contribution in [0.2, 0.25) is 0 Å². The number of thiazole rings is 1. The van der Waals surface area contributed by atoms with Gasteiger partial charge in [0.25, 0.3) is 0 Å². The number of ether oxygens (including phenoxy) is 2. The summed E-state index contributed by atoms with van der Waals surface area (Å²) in [6.45, 7) is 4.61. The van der Waals surface area contributed by atoms with E-state index in [2.05, 4.69) is 15.9 Å². The number of piperazine rings is 1. The molecule has 2 aliphatic heterocycles. The number of benzene rings is 2. The Balaban J connectivity index is 1.17. The van der Waals surface area contributed by atoms with Crippen molar-refractivity contribution in [1.82, 2.24) is 9.88 Å². The van der Waals surface area contributed by atoms with Crippen molar-refractivity contribution in [2.75, 3.05) is 63.3 Å². The average Bonchev–Trinajstić information content (AvgIpc) is 3.20. The van der Waals surface area contributed by atoms with Crippen LogP contribution in [0.15, 0.2) is 42.5 Å². The van der Waals surface area contributed by atoms with Gasteiger partial charge < -0.3 is 24.2 Å². The van der Waals surface area contributed by atoms with Gasteiger partial charge in [0.2, 0.25) is 5.91 Å². The first-order chi connectivity index (χ1) is 15.2. The van der Waals surface area contributed by atoms with Crippen LogP contribution in [0.25, 0.3) is 10.2 Å². The first-order valence-electron chi connectivity index (χ1n) is 10.5. The summed E-state index contributed by atoms with van der Waals surface area (Å²) < 4.78 is 11.9. The molecular weight excluding hydrogens is 412 g/mol. The largest absolute Gasteiger partial charge is 0.497 e. The predicted octanol–water partition coefficient (Wildman–Crippen LogP) is 3.10. The quantitative estimate of drug-likeness (QED) is 0.610. The van der Waals surface area contributed by atoms with E-state index in [1.54, 1.807) is 25.6 Å². The van der Waals surface area contributed by atoms with E-state index in [4.69, 9.17) is 14.5 Å². The van der Waals surface area contributed by atoms with Crippen LogP contribution in [0.1, 0.15) is 0 Å². The van der Waals surface area contributed by atoms with E-state index in [1.807, 2.05) is 41.3 Å². The van der Waals surface area contributed by atoms with Crippen LogP contribution in [-0.2, 0) is 4.79 Å². The molecule has 0 bridgehead atoms. The Morgan fingerprint density at radius 2 is 1.77 bits per heavy atom. The molecule has 3 aromatic rings. The fourth-order valence-corrected chi connectivity index (χ4v) is 5.23. The molecule has 7 nitrogen and oxygen atoms in total. The highest BCUT2D eigenvalue weighted by Crippen LogP contribution is 2.35. The molecule has 2 saturated heterocycles. The number of aromatic nitrogens is 1. The molecule has 1 amide bonds. The molecule has 5 rings (SSSR count). The Morgan fingerprint density at radius 3 is 2.52 bits per heavy atom. The number of nitrogens with zero attached hydrogens (tertiary/aromatic N) is 4. The summed E-state index contributed by atoms with van der Waals surface area (Å²) in [6.07, 6.45) is 0. The fraction of sp³-hybridized carbons (Fsp3) is 0.391. The van der Waals surface area contributed by atoms with Crippen LogP contribution >= 0.6 is 11.3 Å². The number of para-hydroxylation sites is 2. The van der Waals surface area contributed by atoms with Crippen molar-refractivity contribution in [3.8, 4) is 11.5 Å². The van der Waals surface area contributed by atoms with E-state index in [9.17, 15) is 4.79 Å². The van der Waals surface area contributed by atoms with Gasteiger partial charge in [0, 0.05) is 45.3 Å². The van der Waals surface area contributed by atoms with Gasteiger partial charge in [0.05, 0.1) is 36.0 Å². The van der Waals surface area contributed by atoms with Gasteiger partial charge in [0.1, 0.15) is 11.5 Å². The molecule has 3 heterocycles. The lowest BCUT2D eigenvalue weighted by Gasteiger charge is -2.43. The maximum Gasteiger partial charge on any atom is 0.229 e. The van der Waals surface area contributed by atoms with Gasteiger partial charge in [-0.25, -0.2) is 4.98 Å². The average molecular weight is 439 g/mol. The third kappa shape index (κ3) is 3.76. The summed E-state index contributed by atoms with van der Waals surface area (Å²) in [4.78, 5) is 24.2. The number of hydrogen-bond donors (Lipinski definition) is 0. The zero-order chi connectivity index (χ0) is 21.4. The van der Waals surface area contributed by atoms with E-state index < -0.39 is 0 Å². The Bertz CT molecular complexity index is 1090. The van der Waals surface area contributed by atoms with Gasteiger partial charge in [0.15, 0.2) is 5.13 Å². The van der Waals surface area contributed by atoms with E-state index in [0.717, 1.165) is 71.8 Å². The Morgan fingerprint density at radius 1 is 1.00 bits per heavy atom. The second kappa shape index (κ2) is 8.26. The van der Waals surface area contributed by atoms with Crippen molar-refractivity contribution < 1.29 is 14.3 Å². The number of anilines is 2. The summed E-state index contributed by atoms with van der Waals surface area (Å²) in [5, 5.41) is 0.980. The predicted molar refractivity (Wildman–Crippen MR) is 124 cm³/mol. The molecule has 31 heavy (non-hydrogen) atoms. The molecular formula is C23H26N4O3S. The molecule has 0 aliphatic carbocycles. The highest BCUT2D eigenvalue weighted by molar-refractivity contribution is 7.22. The van der Waals surface area contributed by atoms with Gasteiger partial charge in [-0.15, -0.1) is 0 Å². The van der Waals surface area contributed by atoms with Crippen molar-refractivity contribution in [2.45, 2.75) is 0 Å². The summed E-state index contributed by atoms with van der Waals surface area (Å²) >= 11 is 1.67. The zero-order valence-electron chi connectivity index (χ0n) is 17.8. The van der Waals surface area contributed by atoms with Crippen molar-refractivity contribution in [3.05, 3.63) is 42.5 Å². The van der Waals surface area contributed by atoms with E-state index in [0.29, 0.717) is 0 Å². The minimum atomic E-state index is 0.0550. The first kappa shape index (κ1) is 19.9. The van der Waals surface area contributed by atoms with E-state index >= 15 is 0 Å². The molecule has 1 aromatic heterocycles. The van der Waals surface area contributed by atoms with Crippen molar-refractivity contribution in [1.29, 1.82) is 0 Å². The number of hydrogen-bond acceptors (Lipinski definition) is 7. The lowest BCUT2D eigenvalue weighted by Crippen LogP contribution is -2.58. The molecule has 0 atom stereocenters. The van der Waals surface area contributed by atoms with Gasteiger partial charge in [-0.05, 0) is 24.3 Å². The number of carbonyl (C=O) groups excluding carboxylic acids is 1. The molecule has 8 heteroatoms. The summed E-state index contributed by atoms with van der Waals surface area (Å²) in [6, 6.07) is 14.0. The van der Waals surface area contributed by atoms with Crippen molar-refractivity contribution >= 4 is 38.3 Å². The Kier molecular flexibility index (Phi) is 5.31. The zero-order valence-corrected chi connectivity index (χ0v) is 18.6. The minimum absolute atomic E-state index is 0.0550. The van der Waals surface area contributed by atoms with Crippen LogP contribution in [-0.4, -0.2) is 69.3 Å². The molecule has 0 spiro atoms. The van der Waals surface area contributed by atoms with E-state index in [1.165, 1.54) is 0 Å². The monoisotopic (exact) mass is 438 g/mol. The summed E-state index contributed by atoms with van der Waals surface area (Å²) in [5.41, 5.74) is 2.04. The second-order valence-corrected chi connectivity index (χ2v) is 8.93. The van der Waals surface area contributed by atoms with Crippen molar-refractivity contribution in [3.63, 3.8) is 0 Å². The molecule has 0 radical (unpaired) electrons. The number of rotatable bonds is 5. The molecule has 2 fully saturated rings. The van der Waals surface area contributed by atoms with Crippen LogP contribution in [0, 0.1) is 5.92 Å². The highest BCUT2D eigenvalue weighted by atomic mass is 32.1. The topological polar surface area (TPSA) is 58.1 Å². The van der Waals surface area contributed by atoms with Gasteiger partial charge in [-0.2, -0.15) is 0 Å². The number of amides is 1. The highest BCUT2D eigenvalue weighted by Gasteiger charge is 2.37. The first-order valence-corrected chi connectivity index (χ1v) is 11.3. The second-order valence-electron chi connectivity index (χ2n) is 7.92. The third-order valence-electron chi connectivity index (χ3n) is 6.10. The van der Waals surface area contributed by atoms with Crippen LogP contribution < -0.4 is 19.3 Å². The summed E-state index contributed by atoms with van der Waals surface area (Å²) in [7, 11) is 3.36. The van der Waals surface area contributed by atoms with Crippen LogP contribution in [0.4, 0.5) is 10.8 Å². The molecule has 0 unspecified atom stereocenters. The smallest absolute Gasteiger partial charge is 0.229 e. The normalized spacial score (nSPS) is 17.0. The maximum atomic E-state index is 13.0. The number of methoxy groups -OCH3 is 2. The summed E-state index contributed by atoms with van der Waals surface area (Å²) in [5.74, 6) is 2.01. The lowest BCUT2D eigenvalue weighted by atomic mass is 9.99. The molecule has 162 valence electrons. The molecule has 0 N–H and O–H groups in total. The standard InChI is InChI=1S/C23H26N4O3S/c1-29-17-7-8-21-18(13-17)24-23(31-21)27-14-16(15-27)22(28)26-11-9-25(10-12-26)19-5-3-4-6-20(19)30-2/h3-8,13,16H,9-12,14-15H2,1-2H3. The minimum Gasteiger partial charge on any atom is -0.497 e. The maximum absolute atomic E-state index is 13.0. The number of fused-ring (bicyclic) bond motifs is 1. The molecule has 2 aromatic carbocycles. The Labute approximate surface area is 185 Å². The van der Waals surface area contributed by atoms with E-state index in [-0.39, 0.29) is 11.8 Å². The fourth-order valence-electron chi connectivity index (χ4n) is 4.27. The third-order valence-corrected chi connectivity index (χ3v) is 7.20.